The highest BCUT2D eigenvalue weighted by atomic mass is 16.6. The highest BCUT2D eigenvalue weighted by Crippen LogP contribution is 2.34. The van der Waals surface area contributed by atoms with Gasteiger partial charge in [-0.3, -0.25) is 44.0 Å². The zero-order valence-electron chi connectivity index (χ0n) is 39.4. The Labute approximate surface area is 403 Å². The van der Waals surface area contributed by atoms with Crippen LogP contribution in [-0.2, 0) is 29.2 Å². The maximum atomic E-state index is 13.9. The summed E-state index contributed by atoms with van der Waals surface area (Å²) in [5.74, 6) is -1.56. The Morgan fingerprint density at radius 3 is 2.41 bits per heavy atom. The molecule has 0 aliphatic carbocycles. The molecule has 3 aromatic carbocycles. The SMILES string of the molecule is CC(C)(C)c1cc(NC(=O)Nc2ccc(-n3cnc4cc(OCCOCCNc5cccc6c5C(=O)N(C5CCC(=O)N(COC(=O)N7CCC(N8CCOCC8)CC7)C5=O)C6=O)ccc43)cc2)n[nH]1. The number of imide groups is 2. The number of benzene rings is 3. The van der Waals surface area contributed by atoms with Gasteiger partial charge in [0.25, 0.3) is 17.7 Å². The molecule has 21 heteroatoms. The molecular weight excluding hydrogens is 903 g/mol. The van der Waals surface area contributed by atoms with Crippen molar-refractivity contribution >= 4 is 64.0 Å². The van der Waals surface area contributed by atoms with Crippen molar-refractivity contribution in [3.63, 3.8) is 0 Å². The van der Waals surface area contributed by atoms with E-state index in [0.717, 1.165) is 58.1 Å². The van der Waals surface area contributed by atoms with Gasteiger partial charge in [-0.2, -0.15) is 5.10 Å². The van der Waals surface area contributed by atoms with E-state index in [1.54, 1.807) is 35.5 Å². The van der Waals surface area contributed by atoms with Gasteiger partial charge in [0.05, 0.1) is 48.6 Å². The summed E-state index contributed by atoms with van der Waals surface area (Å²) in [5.41, 5.74) is 4.52. The van der Waals surface area contributed by atoms with E-state index in [0.29, 0.717) is 61.8 Å². The van der Waals surface area contributed by atoms with E-state index in [9.17, 15) is 28.8 Å². The minimum Gasteiger partial charge on any atom is -0.491 e. The van der Waals surface area contributed by atoms with Gasteiger partial charge in [-0.25, -0.2) is 19.5 Å². The van der Waals surface area contributed by atoms with Crippen LogP contribution in [0.25, 0.3) is 16.7 Å². The van der Waals surface area contributed by atoms with Gasteiger partial charge in [-0.15, -0.1) is 0 Å². The molecule has 5 aromatic rings. The summed E-state index contributed by atoms with van der Waals surface area (Å²) in [7, 11) is 0. The molecule has 1 atom stereocenters. The first-order valence-corrected chi connectivity index (χ1v) is 23.6. The van der Waals surface area contributed by atoms with Gasteiger partial charge in [0.1, 0.15) is 24.7 Å². The Bertz CT molecular complexity index is 2750. The monoisotopic (exact) mass is 959 g/mol. The average Bonchev–Trinajstić information content (AvgIpc) is 4.08. The number of hydrogen-bond acceptors (Lipinski definition) is 14. The van der Waals surface area contributed by atoms with Crippen molar-refractivity contribution < 1.29 is 47.7 Å². The van der Waals surface area contributed by atoms with Crippen molar-refractivity contribution in [2.45, 2.75) is 64.0 Å². The predicted molar refractivity (Wildman–Crippen MR) is 256 cm³/mol. The maximum Gasteiger partial charge on any atom is 0.411 e. The van der Waals surface area contributed by atoms with Crippen molar-refractivity contribution in [2.75, 3.05) is 88.4 Å². The molecule has 3 saturated heterocycles. The normalized spacial score (nSPS) is 18.1. The highest BCUT2D eigenvalue weighted by molar-refractivity contribution is 6.25. The van der Waals surface area contributed by atoms with Crippen molar-refractivity contribution in [2.24, 2.45) is 0 Å². The topological polar surface area (TPSA) is 235 Å². The first-order valence-electron chi connectivity index (χ1n) is 23.6. The number of fused-ring (bicyclic) bond motifs is 2. The largest absolute Gasteiger partial charge is 0.491 e. The number of nitrogens with one attached hydrogen (secondary N) is 4. The van der Waals surface area contributed by atoms with Crippen LogP contribution < -0.4 is 20.7 Å². The Balaban J connectivity index is 0.707. The minimum atomic E-state index is -1.24. The van der Waals surface area contributed by atoms with Crippen LogP contribution in [0.2, 0.25) is 0 Å². The smallest absolute Gasteiger partial charge is 0.411 e. The number of imidazole rings is 1. The van der Waals surface area contributed by atoms with E-state index in [1.807, 2.05) is 41.0 Å². The van der Waals surface area contributed by atoms with Crippen molar-refractivity contribution in [1.29, 1.82) is 0 Å². The molecule has 0 bridgehead atoms. The summed E-state index contributed by atoms with van der Waals surface area (Å²) in [6.07, 6.45) is 2.51. The van der Waals surface area contributed by atoms with Crippen LogP contribution in [-0.4, -0.2) is 160 Å². The summed E-state index contributed by atoms with van der Waals surface area (Å²) in [6.45, 7) is 10.7. The van der Waals surface area contributed by atoms with Crippen LogP contribution >= 0.6 is 0 Å². The molecule has 4 N–H and O–H groups in total. The molecule has 3 fully saturated rings. The van der Waals surface area contributed by atoms with Gasteiger partial charge in [0, 0.05) is 85.5 Å². The Morgan fingerprint density at radius 2 is 1.66 bits per heavy atom. The van der Waals surface area contributed by atoms with Gasteiger partial charge in [0.15, 0.2) is 12.5 Å². The molecule has 6 heterocycles. The second-order valence-corrected chi connectivity index (χ2v) is 18.5. The number of aromatic amines is 1. The second kappa shape index (κ2) is 20.7. The number of piperidine rings is 2. The van der Waals surface area contributed by atoms with Gasteiger partial charge >= 0.3 is 12.1 Å². The number of carbonyl (C=O) groups excluding carboxylic acids is 6. The number of urea groups is 1. The third kappa shape index (κ3) is 10.5. The summed E-state index contributed by atoms with van der Waals surface area (Å²) in [4.78, 5) is 90.0. The number of carbonyl (C=O) groups is 6. The van der Waals surface area contributed by atoms with Crippen LogP contribution in [0.3, 0.4) is 0 Å². The van der Waals surface area contributed by atoms with Crippen molar-refractivity contribution in [3.8, 4) is 11.4 Å². The number of amides is 7. The quantitative estimate of drug-likeness (QED) is 0.0780. The standard InChI is InChI=1S/C49H57N11O10/c1-49(2,3)40-28-41(55-54-40)53-47(65)52-31-7-9-33(10-8-31)58-29-51-37-27-34(11-12-38(37)58)69-26-25-67-22-17-50-36-6-4-5-35-43(36)46(64)60(44(35)62)39-13-14-42(61)59(45(39)63)30-70-48(66)57-18-15-32(16-19-57)56-20-23-68-24-21-56/h4-12,27-29,32,39,50H,13-26,30H2,1-3H3,(H3,52,53,54,55,65). The number of ether oxygens (including phenoxy) is 4. The number of morpholine rings is 1. The Kier molecular flexibility index (Phi) is 14.1. The van der Waals surface area contributed by atoms with Crippen LogP contribution in [0.5, 0.6) is 5.75 Å². The number of likely N-dealkylation sites (tertiary alicyclic amines) is 2. The first-order chi connectivity index (χ1) is 33.8. The molecule has 0 radical (unpaired) electrons. The third-order valence-corrected chi connectivity index (χ3v) is 13.0. The average molecular weight is 960 g/mol. The van der Waals surface area contributed by atoms with E-state index in [1.165, 1.54) is 6.07 Å². The molecule has 9 rings (SSSR count). The van der Waals surface area contributed by atoms with Gasteiger partial charge in [-0.1, -0.05) is 26.8 Å². The van der Waals surface area contributed by atoms with Crippen LogP contribution in [0.15, 0.2) is 73.1 Å². The molecule has 7 amide bonds. The maximum absolute atomic E-state index is 13.9. The summed E-state index contributed by atoms with van der Waals surface area (Å²) in [6, 6.07) is 18.4. The van der Waals surface area contributed by atoms with Crippen molar-refractivity contribution in [3.05, 3.63) is 89.9 Å². The fourth-order valence-electron chi connectivity index (χ4n) is 9.12. The van der Waals surface area contributed by atoms with E-state index in [2.05, 4.69) is 56.8 Å². The molecule has 21 nitrogen and oxygen atoms in total. The highest BCUT2D eigenvalue weighted by Gasteiger charge is 2.48. The molecule has 4 aliphatic heterocycles. The summed E-state index contributed by atoms with van der Waals surface area (Å²) >= 11 is 0. The number of aromatic nitrogens is 4. The van der Waals surface area contributed by atoms with Gasteiger partial charge in [-0.05, 0) is 67.8 Å². The van der Waals surface area contributed by atoms with Crippen LogP contribution in [0.1, 0.15) is 72.9 Å². The first kappa shape index (κ1) is 47.7. The predicted octanol–water partition coefficient (Wildman–Crippen LogP) is 5.20. The van der Waals surface area contributed by atoms with E-state index >= 15 is 0 Å². The van der Waals surface area contributed by atoms with E-state index in [4.69, 9.17) is 18.9 Å². The molecule has 368 valence electrons. The molecule has 1 unspecified atom stereocenters. The molecular formula is C49H57N11O10. The fraction of sp³-hybridized carbons (Fsp3) is 0.429. The lowest BCUT2D eigenvalue weighted by Crippen LogP contribution is -2.57. The lowest BCUT2D eigenvalue weighted by molar-refractivity contribution is -0.156. The number of H-pyrrole nitrogens is 1. The lowest BCUT2D eigenvalue weighted by atomic mass is 9.92. The number of anilines is 3. The fourth-order valence-corrected chi connectivity index (χ4v) is 9.12. The number of rotatable bonds is 15. The Hall–Kier alpha value is -7.36. The molecule has 2 aromatic heterocycles. The van der Waals surface area contributed by atoms with Crippen LogP contribution in [0.4, 0.5) is 26.8 Å². The molecule has 70 heavy (non-hydrogen) atoms. The van der Waals surface area contributed by atoms with Crippen LogP contribution in [0, 0.1) is 0 Å². The molecule has 0 spiro atoms. The minimum absolute atomic E-state index is 0.0395. The van der Waals surface area contributed by atoms with Crippen molar-refractivity contribution in [1.82, 2.24) is 39.3 Å². The van der Waals surface area contributed by atoms with Gasteiger partial charge < -0.3 is 34.5 Å². The molecule has 4 aliphatic rings. The third-order valence-electron chi connectivity index (χ3n) is 13.0. The zero-order chi connectivity index (χ0) is 48.9. The Morgan fingerprint density at radius 1 is 0.871 bits per heavy atom. The number of nitrogens with zero attached hydrogens (tertiary/aromatic N) is 7. The zero-order valence-corrected chi connectivity index (χ0v) is 39.4. The van der Waals surface area contributed by atoms with Gasteiger partial charge in [0.2, 0.25) is 5.91 Å². The number of hydrogen-bond donors (Lipinski definition) is 4. The summed E-state index contributed by atoms with van der Waals surface area (Å²) in [5, 5.41) is 15.9. The second-order valence-electron chi connectivity index (χ2n) is 18.5. The lowest BCUT2D eigenvalue weighted by Gasteiger charge is -2.40. The molecule has 0 saturated carbocycles. The van der Waals surface area contributed by atoms with E-state index < -0.39 is 48.5 Å². The van der Waals surface area contributed by atoms with E-state index in [-0.39, 0.29) is 49.2 Å². The summed E-state index contributed by atoms with van der Waals surface area (Å²) < 4.78 is 24.6.